The molecule has 0 aromatic heterocycles. The van der Waals surface area contributed by atoms with Gasteiger partial charge < -0.3 is 5.11 Å². The van der Waals surface area contributed by atoms with Crippen LogP contribution in [0.5, 0.6) is 5.75 Å². The van der Waals surface area contributed by atoms with Gasteiger partial charge in [0.1, 0.15) is 5.75 Å². The van der Waals surface area contributed by atoms with E-state index in [1.54, 1.807) is 0 Å². The van der Waals surface area contributed by atoms with Crippen LogP contribution < -0.4 is 0 Å². The number of nitrogens with zero attached hydrogens (tertiary/aromatic N) is 1. The van der Waals surface area contributed by atoms with Crippen LogP contribution in [0.2, 0.25) is 0 Å². The minimum Gasteiger partial charge on any atom is -0.508 e. The molecule has 1 heterocycles. The van der Waals surface area contributed by atoms with Gasteiger partial charge in [-0.25, -0.2) is 0 Å². The minimum atomic E-state index is 0.229. The Morgan fingerprint density at radius 2 is 1.77 bits per heavy atom. The Labute approximate surface area is 161 Å². The average molecular weight is 358 g/mol. The van der Waals surface area contributed by atoms with Crippen molar-refractivity contribution in [2.75, 3.05) is 13.1 Å². The molecule has 1 aromatic rings. The van der Waals surface area contributed by atoms with Gasteiger partial charge in [0.15, 0.2) is 0 Å². The van der Waals surface area contributed by atoms with Gasteiger partial charge in [-0.3, -0.25) is 4.90 Å². The molecule has 2 bridgehead atoms. The lowest BCUT2D eigenvalue weighted by Crippen LogP contribution is -2.58. The molecule has 1 saturated heterocycles. The van der Waals surface area contributed by atoms with Crippen molar-refractivity contribution in [3.63, 3.8) is 0 Å². The van der Waals surface area contributed by atoms with Crippen LogP contribution in [0.25, 0.3) is 0 Å². The maximum absolute atomic E-state index is 9.96. The largest absolute Gasteiger partial charge is 0.508 e. The second-order valence-corrected chi connectivity index (χ2v) is 9.08. The molecule has 2 aliphatic rings. The lowest BCUT2D eigenvalue weighted by atomic mass is 9.59. The van der Waals surface area contributed by atoms with Crippen molar-refractivity contribution in [1.82, 2.24) is 4.90 Å². The third kappa shape index (κ3) is 4.11. The predicted octanol–water partition coefficient (Wildman–Crippen LogP) is 6.06. The van der Waals surface area contributed by atoms with E-state index in [2.05, 4.69) is 31.7 Å². The monoisotopic (exact) mass is 357 g/mol. The summed E-state index contributed by atoms with van der Waals surface area (Å²) in [7, 11) is 0. The Bertz CT molecular complexity index is 584. The summed E-state index contributed by atoms with van der Waals surface area (Å²) in [4.78, 5) is 2.78. The van der Waals surface area contributed by atoms with Gasteiger partial charge >= 0.3 is 0 Å². The fourth-order valence-corrected chi connectivity index (χ4v) is 5.42. The average Bonchev–Trinajstić information content (AvgIpc) is 2.63. The fourth-order valence-electron chi connectivity index (χ4n) is 5.42. The molecular weight excluding hydrogens is 318 g/mol. The van der Waals surface area contributed by atoms with E-state index in [0.29, 0.717) is 17.7 Å². The van der Waals surface area contributed by atoms with Gasteiger partial charge in [-0.1, -0.05) is 71.8 Å². The normalized spacial score (nSPS) is 28.1. The molecular formula is C24H39NO. The summed E-state index contributed by atoms with van der Waals surface area (Å²) in [6.45, 7) is 9.65. The molecule has 1 fully saturated rings. The number of aromatic hydroxyl groups is 1. The van der Waals surface area contributed by atoms with E-state index in [9.17, 15) is 5.11 Å². The number of unbranched alkanes of at least 4 members (excludes halogenated alkanes) is 7. The van der Waals surface area contributed by atoms with Crippen LogP contribution in [0, 0.1) is 5.92 Å². The molecule has 3 atom stereocenters. The number of benzene rings is 1. The minimum absolute atomic E-state index is 0.229. The summed E-state index contributed by atoms with van der Waals surface area (Å²) < 4.78 is 0. The third-order valence-electron chi connectivity index (χ3n) is 7.41. The van der Waals surface area contributed by atoms with E-state index in [0.717, 1.165) is 6.42 Å². The standard InChI is InChI=1S/C24H39NO/c1-4-5-6-7-8-9-10-11-15-25-16-14-24(3)19(2)23(25)17-20-12-13-21(26)18-22(20)24/h12-13,18-19,23,26H,4-11,14-17H2,1-3H3/t19-,23+,24+/m1/s1. The van der Waals surface area contributed by atoms with Crippen LogP contribution in [0.3, 0.4) is 0 Å². The highest BCUT2D eigenvalue weighted by Gasteiger charge is 2.48. The number of hydrogen-bond acceptors (Lipinski definition) is 2. The summed E-state index contributed by atoms with van der Waals surface area (Å²) in [6.07, 6.45) is 13.6. The van der Waals surface area contributed by atoms with Gasteiger partial charge in [-0.2, -0.15) is 0 Å². The summed E-state index contributed by atoms with van der Waals surface area (Å²) in [5.41, 5.74) is 3.11. The Morgan fingerprint density at radius 1 is 1.08 bits per heavy atom. The Morgan fingerprint density at radius 3 is 2.50 bits per heavy atom. The highest BCUT2D eigenvalue weighted by molar-refractivity contribution is 5.44. The maximum Gasteiger partial charge on any atom is 0.115 e. The van der Waals surface area contributed by atoms with Crippen LogP contribution in [-0.4, -0.2) is 29.1 Å². The van der Waals surface area contributed by atoms with Crippen molar-refractivity contribution in [2.45, 2.75) is 96.4 Å². The first kappa shape index (κ1) is 19.7. The Kier molecular flexibility index (Phi) is 6.66. The molecule has 1 aromatic carbocycles. The topological polar surface area (TPSA) is 23.5 Å². The quantitative estimate of drug-likeness (QED) is 0.543. The van der Waals surface area contributed by atoms with Gasteiger partial charge in [0, 0.05) is 6.04 Å². The lowest BCUT2D eigenvalue weighted by Gasteiger charge is -2.54. The molecule has 2 nitrogen and oxygen atoms in total. The molecule has 26 heavy (non-hydrogen) atoms. The number of phenolic OH excluding ortho intramolecular Hbond substituents is 1. The number of phenols is 1. The van der Waals surface area contributed by atoms with Crippen molar-refractivity contribution in [3.05, 3.63) is 29.3 Å². The van der Waals surface area contributed by atoms with Gasteiger partial charge in [0.2, 0.25) is 0 Å². The molecule has 1 aliphatic heterocycles. The molecule has 1 N–H and O–H groups in total. The molecule has 0 saturated carbocycles. The Hall–Kier alpha value is -1.02. The maximum atomic E-state index is 9.96. The van der Waals surface area contributed by atoms with Gasteiger partial charge in [0.05, 0.1) is 0 Å². The van der Waals surface area contributed by atoms with E-state index in [1.807, 2.05) is 12.1 Å². The summed E-state index contributed by atoms with van der Waals surface area (Å²) >= 11 is 0. The highest BCUT2D eigenvalue weighted by atomic mass is 16.3. The first-order valence-electron chi connectivity index (χ1n) is 11.1. The van der Waals surface area contributed by atoms with Crippen LogP contribution >= 0.6 is 0 Å². The first-order valence-corrected chi connectivity index (χ1v) is 11.1. The summed E-state index contributed by atoms with van der Waals surface area (Å²) in [5, 5.41) is 9.96. The smallest absolute Gasteiger partial charge is 0.115 e. The fraction of sp³-hybridized carbons (Fsp3) is 0.750. The highest BCUT2D eigenvalue weighted by Crippen LogP contribution is 2.49. The second kappa shape index (κ2) is 8.78. The summed E-state index contributed by atoms with van der Waals surface area (Å²) in [5.74, 6) is 1.09. The summed E-state index contributed by atoms with van der Waals surface area (Å²) in [6, 6.07) is 6.75. The molecule has 146 valence electrons. The number of likely N-dealkylation sites (tertiary alicyclic amines) is 1. The molecule has 1 aliphatic carbocycles. The van der Waals surface area contributed by atoms with Crippen molar-refractivity contribution < 1.29 is 5.11 Å². The van der Waals surface area contributed by atoms with Crippen molar-refractivity contribution in [2.24, 2.45) is 5.92 Å². The van der Waals surface area contributed by atoms with Crippen molar-refractivity contribution in [3.8, 4) is 5.75 Å². The van der Waals surface area contributed by atoms with E-state index < -0.39 is 0 Å². The number of fused-ring (bicyclic) bond motifs is 4. The van der Waals surface area contributed by atoms with Crippen molar-refractivity contribution >= 4 is 0 Å². The molecule has 0 unspecified atom stereocenters. The van der Waals surface area contributed by atoms with Crippen LogP contribution in [0.4, 0.5) is 0 Å². The SMILES string of the molecule is CCCCCCCCCCN1CC[C@]2(C)c3cc(O)ccc3C[C@H]1[C@H]2C. The van der Waals surface area contributed by atoms with Crippen LogP contribution in [0.15, 0.2) is 18.2 Å². The van der Waals surface area contributed by atoms with Gasteiger partial charge in [0.25, 0.3) is 0 Å². The Balaban J connectivity index is 1.51. The third-order valence-corrected chi connectivity index (χ3v) is 7.41. The molecule has 0 radical (unpaired) electrons. The zero-order valence-electron chi connectivity index (χ0n) is 17.3. The number of rotatable bonds is 9. The zero-order valence-corrected chi connectivity index (χ0v) is 17.3. The molecule has 3 rings (SSSR count). The molecule has 2 heteroatoms. The van der Waals surface area contributed by atoms with Gasteiger partial charge in [-0.15, -0.1) is 0 Å². The lowest BCUT2D eigenvalue weighted by molar-refractivity contribution is 0.0302. The predicted molar refractivity (Wildman–Crippen MR) is 111 cm³/mol. The number of hydrogen-bond donors (Lipinski definition) is 1. The van der Waals surface area contributed by atoms with E-state index in [1.165, 1.54) is 82.0 Å². The van der Waals surface area contributed by atoms with Crippen LogP contribution in [0.1, 0.15) is 89.7 Å². The zero-order chi connectivity index (χ0) is 18.6. The number of piperidine rings is 1. The van der Waals surface area contributed by atoms with E-state index in [4.69, 9.17) is 0 Å². The van der Waals surface area contributed by atoms with Crippen molar-refractivity contribution in [1.29, 1.82) is 0 Å². The van der Waals surface area contributed by atoms with Gasteiger partial charge in [-0.05, 0) is 66.9 Å². The van der Waals surface area contributed by atoms with E-state index >= 15 is 0 Å². The second-order valence-electron chi connectivity index (χ2n) is 9.08. The molecule has 0 spiro atoms. The van der Waals surface area contributed by atoms with E-state index in [-0.39, 0.29) is 5.41 Å². The van der Waals surface area contributed by atoms with Crippen LogP contribution in [-0.2, 0) is 11.8 Å². The molecule has 0 amide bonds. The first-order chi connectivity index (χ1) is 12.6.